The third kappa shape index (κ3) is 4.78. The van der Waals surface area contributed by atoms with Gasteiger partial charge in [-0.2, -0.15) is 0 Å². The number of aromatic nitrogens is 2. The van der Waals surface area contributed by atoms with Gasteiger partial charge in [0.1, 0.15) is 6.73 Å². The van der Waals surface area contributed by atoms with E-state index in [1.54, 1.807) is 0 Å². The average molecular weight is 474 g/mol. The van der Waals surface area contributed by atoms with Gasteiger partial charge >= 0.3 is 0 Å². The van der Waals surface area contributed by atoms with Gasteiger partial charge < -0.3 is 10.1 Å². The Hall–Kier alpha value is -1.37. The number of carbonyl (C=O) groups is 1. The van der Waals surface area contributed by atoms with Crippen molar-refractivity contribution in [2.75, 3.05) is 11.9 Å². The SMILES string of the molecule is C[Si](C)(C)CCOCn1c(Cl)nc2cc(NC(=O)CC3C4CC5CC(C4)CC3C5)ccc21. The first-order valence-electron chi connectivity index (χ1n) is 12.3. The summed E-state index contributed by atoms with van der Waals surface area (Å²) in [6.07, 6.45) is 7.52. The maximum absolute atomic E-state index is 12.9. The topological polar surface area (TPSA) is 56.1 Å². The summed E-state index contributed by atoms with van der Waals surface area (Å²) in [5.41, 5.74) is 2.52. The van der Waals surface area contributed by atoms with Crippen LogP contribution in [0, 0.1) is 29.6 Å². The second kappa shape index (κ2) is 8.77. The molecule has 0 radical (unpaired) electrons. The van der Waals surface area contributed by atoms with E-state index in [0.717, 1.165) is 53.0 Å². The molecule has 1 aromatic carbocycles. The van der Waals surface area contributed by atoms with Gasteiger partial charge in [0.05, 0.1) is 11.0 Å². The molecule has 1 heterocycles. The van der Waals surface area contributed by atoms with Crippen LogP contribution in [0.25, 0.3) is 11.0 Å². The van der Waals surface area contributed by atoms with Gasteiger partial charge in [-0.1, -0.05) is 19.6 Å². The number of benzene rings is 1. The van der Waals surface area contributed by atoms with Crippen LogP contribution in [-0.2, 0) is 16.3 Å². The molecule has 5 nitrogen and oxygen atoms in total. The van der Waals surface area contributed by atoms with E-state index >= 15 is 0 Å². The van der Waals surface area contributed by atoms with Crippen molar-refractivity contribution in [1.29, 1.82) is 0 Å². The van der Waals surface area contributed by atoms with E-state index in [2.05, 4.69) is 29.9 Å². The highest BCUT2D eigenvalue weighted by molar-refractivity contribution is 6.76. The number of anilines is 1. The van der Waals surface area contributed by atoms with Crippen LogP contribution in [0.2, 0.25) is 31.0 Å². The second-order valence-electron chi connectivity index (χ2n) is 11.7. The van der Waals surface area contributed by atoms with Crippen LogP contribution in [0.3, 0.4) is 0 Å². The Kier molecular flexibility index (Phi) is 6.14. The minimum atomic E-state index is -1.12. The van der Waals surface area contributed by atoms with Crippen LogP contribution >= 0.6 is 11.6 Å². The second-order valence-corrected chi connectivity index (χ2v) is 17.7. The third-order valence-corrected chi connectivity index (χ3v) is 10.0. The first kappa shape index (κ1) is 22.4. The summed E-state index contributed by atoms with van der Waals surface area (Å²) in [7, 11) is -1.12. The van der Waals surface area contributed by atoms with E-state index in [1.165, 1.54) is 32.1 Å². The van der Waals surface area contributed by atoms with Crippen LogP contribution in [0.15, 0.2) is 18.2 Å². The number of hydrogen-bond donors (Lipinski definition) is 1. The maximum Gasteiger partial charge on any atom is 0.224 e. The zero-order chi connectivity index (χ0) is 22.5. The van der Waals surface area contributed by atoms with Crippen LogP contribution in [0.1, 0.15) is 38.5 Å². The number of rotatable bonds is 8. The number of hydrogen-bond acceptors (Lipinski definition) is 3. The zero-order valence-corrected chi connectivity index (χ0v) is 21.3. The molecule has 1 N–H and O–H groups in total. The summed E-state index contributed by atoms with van der Waals surface area (Å²) in [6, 6.07) is 6.98. The lowest BCUT2D eigenvalue weighted by molar-refractivity contribution is -0.121. The molecule has 0 spiro atoms. The fourth-order valence-electron chi connectivity index (χ4n) is 6.63. The largest absolute Gasteiger partial charge is 0.361 e. The van der Waals surface area contributed by atoms with E-state index in [-0.39, 0.29) is 5.91 Å². The molecular weight excluding hydrogens is 438 g/mol. The Balaban J connectivity index is 1.20. The number of amides is 1. The predicted molar refractivity (Wildman–Crippen MR) is 133 cm³/mol. The van der Waals surface area contributed by atoms with Crippen molar-refractivity contribution in [1.82, 2.24) is 9.55 Å². The molecule has 0 saturated heterocycles. The van der Waals surface area contributed by atoms with Crippen molar-refractivity contribution in [3.8, 4) is 0 Å². The molecule has 4 fully saturated rings. The molecule has 6 rings (SSSR count). The summed E-state index contributed by atoms with van der Waals surface area (Å²) in [5, 5.41) is 3.55. The van der Waals surface area contributed by atoms with E-state index in [0.29, 0.717) is 24.4 Å². The Morgan fingerprint density at radius 1 is 1.16 bits per heavy atom. The zero-order valence-electron chi connectivity index (χ0n) is 19.6. The Labute approximate surface area is 197 Å². The number of fused-ring (bicyclic) bond motifs is 1. The molecule has 4 saturated carbocycles. The summed E-state index contributed by atoms with van der Waals surface area (Å²) in [6.45, 7) is 8.17. The summed E-state index contributed by atoms with van der Waals surface area (Å²) >= 11 is 6.39. The van der Waals surface area contributed by atoms with Crippen molar-refractivity contribution >= 4 is 42.3 Å². The number of halogens is 1. The van der Waals surface area contributed by atoms with E-state index in [1.807, 2.05) is 22.8 Å². The molecule has 0 aliphatic heterocycles. The van der Waals surface area contributed by atoms with Crippen LogP contribution < -0.4 is 5.32 Å². The average Bonchev–Trinajstić information content (AvgIpc) is 3.01. The van der Waals surface area contributed by atoms with E-state index in [4.69, 9.17) is 16.3 Å². The smallest absolute Gasteiger partial charge is 0.224 e. The lowest BCUT2D eigenvalue weighted by Crippen LogP contribution is -2.46. The highest BCUT2D eigenvalue weighted by Crippen LogP contribution is 2.57. The van der Waals surface area contributed by atoms with Crippen LogP contribution in [-0.4, -0.2) is 30.1 Å². The lowest BCUT2D eigenvalue weighted by Gasteiger charge is -2.54. The first-order valence-corrected chi connectivity index (χ1v) is 16.4. The summed E-state index contributed by atoms with van der Waals surface area (Å²) < 4.78 is 7.76. The summed E-state index contributed by atoms with van der Waals surface area (Å²) in [5.74, 6) is 4.15. The minimum Gasteiger partial charge on any atom is -0.361 e. The number of nitrogens with one attached hydrogen (secondary N) is 1. The van der Waals surface area contributed by atoms with Gasteiger partial charge in [0.15, 0.2) is 0 Å². The molecule has 0 atom stereocenters. The molecule has 2 aromatic rings. The fraction of sp³-hybridized carbons (Fsp3) is 0.680. The van der Waals surface area contributed by atoms with Gasteiger partial charge in [-0.3, -0.25) is 9.36 Å². The van der Waals surface area contributed by atoms with E-state index in [9.17, 15) is 4.79 Å². The van der Waals surface area contributed by atoms with Gasteiger partial charge in [0.2, 0.25) is 11.2 Å². The van der Waals surface area contributed by atoms with Crippen molar-refractivity contribution in [2.45, 2.75) is 70.9 Å². The van der Waals surface area contributed by atoms with Gasteiger partial charge in [-0.15, -0.1) is 0 Å². The number of nitrogens with zero attached hydrogens (tertiary/aromatic N) is 2. The molecule has 7 heteroatoms. The third-order valence-electron chi connectivity index (χ3n) is 8.05. The standard InChI is InChI=1S/C25H36ClN3O2Si/c1-32(2,3)7-6-31-15-29-23-5-4-20(13-22(23)28-25(29)26)27-24(30)14-21-18-9-16-8-17(11-18)12-19(21)10-16/h4-5,13,16-19,21H,6-12,14-15H2,1-3H3,(H,27,30). The fourth-order valence-corrected chi connectivity index (χ4v) is 7.62. The van der Waals surface area contributed by atoms with E-state index < -0.39 is 8.07 Å². The normalized spacial score (nSPS) is 29.1. The molecule has 4 bridgehead atoms. The molecule has 0 unspecified atom stereocenters. The minimum absolute atomic E-state index is 0.141. The molecule has 4 aliphatic carbocycles. The Morgan fingerprint density at radius 2 is 1.84 bits per heavy atom. The summed E-state index contributed by atoms with van der Waals surface area (Å²) in [4.78, 5) is 17.4. The van der Waals surface area contributed by atoms with Crippen molar-refractivity contribution < 1.29 is 9.53 Å². The van der Waals surface area contributed by atoms with Crippen molar-refractivity contribution in [2.24, 2.45) is 29.6 Å². The van der Waals surface area contributed by atoms with Crippen LogP contribution in [0.4, 0.5) is 5.69 Å². The van der Waals surface area contributed by atoms with Crippen molar-refractivity contribution in [3.05, 3.63) is 23.5 Å². The number of ether oxygens (including phenoxy) is 1. The molecule has 174 valence electrons. The highest BCUT2D eigenvalue weighted by atomic mass is 35.5. The Morgan fingerprint density at radius 3 is 2.50 bits per heavy atom. The van der Waals surface area contributed by atoms with Crippen LogP contribution in [0.5, 0.6) is 0 Å². The highest BCUT2D eigenvalue weighted by Gasteiger charge is 2.48. The molecule has 1 amide bonds. The van der Waals surface area contributed by atoms with Gasteiger partial charge in [-0.25, -0.2) is 4.98 Å². The maximum atomic E-state index is 12.9. The molecule has 1 aromatic heterocycles. The number of carbonyl (C=O) groups excluding carboxylic acids is 1. The predicted octanol–water partition coefficient (Wildman–Crippen LogP) is 6.40. The molecule has 32 heavy (non-hydrogen) atoms. The van der Waals surface area contributed by atoms with Crippen molar-refractivity contribution in [3.63, 3.8) is 0 Å². The molecule has 4 aliphatic rings. The lowest BCUT2D eigenvalue weighted by atomic mass is 9.51. The van der Waals surface area contributed by atoms with Gasteiger partial charge in [0.25, 0.3) is 0 Å². The molecular formula is C25H36ClN3O2Si. The Bertz CT molecular complexity index is 971. The van der Waals surface area contributed by atoms with Gasteiger partial charge in [-0.05, 0) is 97.5 Å². The monoisotopic (exact) mass is 473 g/mol. The number of imidazole rings is 1. The van der Waals surface area contributed by atoms with Gasteiger partial charge in [0, 0.05) is 26.8 Å². The quantitative estimate of drug-likeness (QED) is 0.356. The first-order chi connectivity index (χ1) is 15.2.